The van der Waals surface area contributed by atoms with Gasteiger partial charge in [-0.05, 0) is 25.7 Å². The first kappa shape index (κ1) is 34.5. The smallest absolute Gasteiger partial charge is 0.316 e. The van der Waals surface area contributed by atoms with Crippen LogP contribution in [0.1, 0.15) is 79.1 Å². The minimum atomic E-state index is -0.643. The number of rotatable bonds is 10. The second-order valence-electron chi connectivity index (χ2n) is 5.17. The fourth-order valence-electron chi connectivity index (χ4n) is 1.91. The van der Waals surface area contributed by atoms with Crippen LogP contribution < -0.4 is 0 Å². The molecule has 0 amide bonds. The van der Waals surface area contributed by atoms with Crippen molar-refractivity contribution in [3.63, 3.8) is 0 Å². The van der Waals surface area contributed by atoms with Crippen molar-refractivity contribution in [3.8, 4) is 0 Å². The molecule has 0 bridgehead atoms. The average Bonchev–Trinajstić information content (AvgIpc) is 2.40. The van der Waals surface area contributed by atoms with Crippen molar-refractivity contribution >= 4 is 35.0 Å². The third-order valence-corrected chi connectivity index (χ3v) is 3.50. The summed E-state index contributed by atoms with van der Waals surface area (Å²) in [4.78, 5) is 20.9. The Morgan fingerprint density at radius 2 is 1.04 bits per heavy atom. The number of carbonyl (C=O) groups is 2. The molecular weight excluding hydrogens is 355 g/mol. The zero-order valence-electron chi connectivity index (χ0n) is 14.4. The van der Waals surface area contributed by atoms with Gasteiger partial charge in [-0.15, -0.1) is 0 Å². The van der Waals surface area contributed by atoms with E-state index >= 15 is 0 Å². The normalized spacial score (nSPS) is 11.3. The molecule has 2 atom stereocenters. The molecule has 7 heteroatoms. The van der Waals surface area contributed by atoms with Gasteiger partial charge in [-0.1, -0.05) is 53.4 Å². The molecule has 0 heterocycles. The van der Waals surface area contributed by atoms with Crippen molar-refractivity contribution in [1.29, 1.82) is 0 Å². The first-order valence-electron chi connectivity index (χ1n) is 7.89. The number of hydrogen-bond acceptors (Lipinski definition) is 2. The molecule has 0 aliphatic carbocycles. The van der Waals surface area contributed by atoms with Crippen molar-refractivity contribution in [1.82, 2.24) is 0 Å². The van der Waals surface area contributed by atoms with E-state index in [0.29, 0.717) is 0 Å². The maximum Gasteiger partial charge on any atom is 0.316 e. The van der Waals surface area contributed by atoms with Crippen LogP contribution in [0.2, 0.25) is 0 Å². The second kappa shape index (κ2) is 24.4. The molecule has 0 aromatic carbocycles. The van der Waals surface area contributed by atoms with E-state index in [-0.39, 0.29) is 57.1 Å². The summed E-state index contributed by atoms with van der Waals surface area (Å²) in [6.45, 7) is 8.01. The van der Waals surface area contributed by atoms with E-state index in [1.54, 1.807) is 0 Å². The molecule has 0 fully saturated rings. The predicted octanol–water partition coefficient (Wildman–Crippen LogP) is 2.83. The number of carboxylic acid groups (broad SMARTS) is 2. The van der Waals surface area contributed by atoms with Gasteiger partial charge in [-0.3, -0.25) is 9.59 Å². The Hall–Kier alpha value is 0.173. The zero-order valence-corrected chi connectivity index (χ0v) is 15.4. The molecule has 0 aromatic rings. The molecule has 0 aromatic heterocycles. The molecule has 0 aliphatic rings. The minimum Gasteiger partial charge on any atom is -0.481 e. The quantitative estimate of drug-likeness (QED) is 0.558. The Balaban J connectivity index is -0.0000000831. The molecular formula is C16H36CoMgO5. The van der Waals surface area contributed by atoms with E-state index in [9.17, 15) is 9.59 Å². The fraction of sp³-hybridized carbons (Fsp3) is 0.875. The molecule has 0 rings (SSSR count). The molecule has 4 N–H and O–H groups in total. The molecule has 2 unspecified atom stereocenters. The molecule has 23 heavy (non-hydrogen) atoms. The van der Waals surface area contributed by atoms with E-state index in [2.05, 4.69) is 13.8 Å². The Bertz CT molecular complexity index is 239. The van der Waals surface area contributed by atoms with E-state index in [1.807, 2.05) is 13.8 Å². The fourth-order valence-corrected chi connectivity index (χ4v) is 1.91. The van der Waals surface area contributed by atoms with Crippen molar-refractivity contribution in [3.05, 3.63) is 0 Å². The van der Waals surface area contributed by atoms with Gasteiger partial charge in [0.1, 0.15) is 0 Å². The summed E-state index contributed by atoms with van der Waals surface area (Å²) in [7, 11) is 0. The summed E-state index contributed by atoms with van der Waals surface area (Å²) < 4.78 is 0. The summed E-state index contributed by atoms with van der Waals surface area (Å²) in [6, 6.07) is 0. The van der Waals surface area contributed by atoms with Gasteiger partial charge in [0, 0.05) is 16.8 Å². The molecule has 0 spiro atoms. The Kier molecular flexibility index (Phi) is 36.6. The number of unbranched alkanes of at least 4 members (excludes halogenated alkanes) is 2. The van der Waals surface area contributed by atoms with Gasteiger partial charge in [-0.2, -0.15) is 0 Å². The third-order valence-electron chi connectivity index (χ3n) is 3.50. The summed E-state index contributed by atoms with van der Waals surface area (Å²) in [6.07, 6.45) is 7.43. The summed E-state index contributed by atoms with van der Waals surface area (Å²) in [5, 5.41) is 17.2. The number of carboxylic acids is 2. The predicted molar refractivity (Wildman–Crippen MR) is 94.0 cm³/mol. The van der Waals surface area contributed by atoms with Crippen molar-refractivity contribution in [2.75, 3.05) is 0 Å². The minimum absolute atomic E-state index is 0. The Morgan fingerprint density at radius 3 is 1.17 bits per heavy atom. The van der Waals surface area contributed by atoms with Crippen LogP contribution in [0.4, 0.5) is 0 Å². The van der Waals surface area contributed by atoms with Crippen LogP contribution in [0, 0.1) is 11.8 Å². The van der Waals surface area contributed by atoms with Gasteiger partial charge >= 0.3 is 35.0 Å². The van der Waals surface area contributed by atoms with Gasteiger partial charge in [-0.25, -0.2) is 0 Å². The Labute approximate surface area is 167 Å². The summed E-state index contributed by atoms with van der Waals surface area (Å²) in [5.41, 5.74) is 0. The van der Waals surface area contributed by atoms with Gasteiger partial charge in [0.05, 0.1) is 11.8 Å². The van der Waals surface area contributed by atoms with Crippen LogP contribution in [0.3, 0.4) is 0 Å². The van der Waals surface area contributed by atoms with Crippen LogP contribution in [0.15, 0.2) is 0 Å². The van der Waals surface area contributed by atoms with Crippen molar-refractivity contribution < 1.29 is 42.1 Å². The maximum atomic E-state index is 10.4. The molecule has 0 saturated carbocycles. The van der Waals surface area contributed by atoms with Crippen LogP contribution in [-0.2, 0) is 26.4 Å². The van der Waals surface area contributed by atoms with Gasteiger partial charge in [0.15, 0.2) is 0 Å². The first-order valence-corrected chi connectivity index (χ1v) is 7.89. The molecule has 1 radical (unpaired) electrons. The zero-order chi connectivity index (χ0) is 16.0. The van der Waals surface area contributed by atoms with Crippen LogP contribution in [0.25, 0.3) is 0 Å². The van der Waals surface area contributed by atoms with Crippen LogP contribution in [0.5, 0.6) is 0 Å². The van der Waals surface area contributed by atoms with Crippen molar-refractivity contribution in [2.45, 2.75) is 79.1 Å². The first-order chi connectivity index (χ1) is 9.44. The van der Waals surface area contributed by atoms with E-state index < -0.39 is 11.9 Å². The van der Waals surface area contributed by atoms with Crippen molar-refractivity contribution in [2.24, 2.45) is 11.8 Å². The monoisotopic (exact) mass is 391 g/mol. The van der Waals surface area contributed by atoms with Gasteiger partial charge in [0.25, 0.3) is 0 Å². The van der Waals surface area contributed by atoms with Crippen LogP contribution >= 0.6 is 0 Å². The summed E-state index contributed by atoms with van der Waals surface area (Å²) >= 11 is 0. The number of hydrogen-bond donors (Lipinski definition) is 2. The number of aliphatic carboxylic acids is 2. The Morgan fingerprint density at radius 1 is 0.783 bits per heavy atom. The molecule has 5 nitrogen and oxygen atoms in total. The average molecular weight is 392 g/mol. The summed E-state index contributed by atoms with van der Waals surface area (Å²) in [5.74, 6) is -1.51. The van der Waals surface area contributed by atoms with E-state index in [1.165, 1.54) is 0 Å². The molecule has 0 saturated heterocycles. The van der Waals surface area contributed by atoms with Crippen LogP contribution in [-0.4, -0.2) is 50.7 Å². The largest absolute Gasteiger partial charge is 0.481 e. The molecule has 141 valence electrons. The maximum absolute atomic E-state index is 10.4. The SMILES string of the molecule is CCCCC(CC)C(=O)O.CCCCC(CC)C(=O)O.O.[Co].[MgH2]. The van der Waals surface area contributed by atoms with E-state index in [0.717, 1.165) is 51.4 Å². The van der Waals surface area contributed by atoms with Gasteiger partial charge < -0.3 is 15.7 Å². The topological polar surface area (TPSA) is 106 Å². The standard InChI is InChI=1S/2C8H16O2.Co.Mg.H2O.2H/c2*1-3-5-6-7(4-2)8(9)10;;;;;/h2*7H,3-6H2,1-2H3,(H,9,10);;;1H2;;. The second-order valence-corrected chi connectivity index (χ2v) is 5.17. The van der Waals surface area contributed by atoms with Gasteiger partial charge in [0.2, 0.25) is 0 Å². The molecule has 0 aliphatic heterocycles. The van der Waals surface area contributed by atoms with E-state index in [4.69, 9.17) is 10.2 Å². The third kappa shape index (κ3) is 22.2.